The van der Waals surface area contributed by atoms with E-state index in [-0.39, 0.29) is 0 Å². The summed E-state index contributed by atoms with van der Waals surface area (Å²) in [5, 5.41) is 0. The molecule has 0 atom stereocenters. The molecule has 0 unspecified atom stereocenters. The third kappa shape index (κ3) is 4.49. The van der Waals surface area contributed by atoms with Gasteiger partial charge < -0.3 is 4.90 Å². The highest BCUT2D eigenvalue weighted by Gasteiger charge is 2.12. The molecule has 0 amide bonds. The fraction of sp³-hybridized carbons (Fsp3) is 0.667. The summed E-state index contributed by atoms with van der Waals surface area (Å²) in [6.07, 6.45) is 0. The summed E-state index contributed by atoms with van der Waals surface area (Å²) in [6, 6.07) is 4.19. The summed E-state index contributed by atoms with van der Waals surface area (Å²) in [7, 11) is 0. The van der Waals surface area contributed by atoms with Crippen LogP contribution in [0.25, 0.3) is 0 Å². The molecule has 1 rings (SSSR count). The number of hydrogen-bond donors (Lipinski definition) is 0. The molecule has 102 valence electrons. The molecule has 0 saturated heterocycles. The zero-order chi connectivity index (χ0) is 13.7. The number of aromatic nitrogens is 1. The van der Waals surface area contributed by atoms with Gasteiger partial charge in [-0.25, -0.2) is 4.98 Å². The van der Waals surface area contributed by atoms with Gasteiger partial charge in [0.15, 0.2) is 0 Å². The first-order chi connectivity index (χ1) is 8.43. The molecular weight excluding hydrogens is 244 g/mol. The number of pyridine rings is 1. The predicted octanol–water partition coefficient (Wildman–Crippen LogP) is 4.25. The van der Waals surface area contributed by atoms with E-state index in [4.69, 9.17) is 16.6 Å². The first-order valence-corrected chi connectivity index (χ1v) is 7.25. The topological polar surface area (TPSA) is 16.1 Å². The number of anilines is 1. The van der Waals surface area contributed by atoms with Gasteiger partial charge in [-0.1, -0.05) is 33.8 Å². The Hall–Kier alpha value is -0.760. The lowest BCUT2D eigenvalue weighted by atomic mass is 10.1. The minimum absolute atomic E-state index is 0.535. The van der Waals surface area contributed by atoms with Crippen molar-refractivity contribution in [3.63, 3.8) is 0 Å². The summed E-state index contributed by atoms with van der Waals surface area (Å²) in [6.45, 7) is 13.1. The summed E-state index contributed by atoms with van der Waals surface area (Å²) in [5.41, 5.74) is 2.16. The molecule has 0 aliphatic carbocycles. The lowest BCUT2D eigenvalue weighted by Gasteiger charge is -2.28. The van der Waals surface area contributed by atoms with Crippen LogP contribution in [-0.4, -0.2) is 18.1 Å². The van der Waals surface area contributed by atoms with Crippen LogP contribution in [-0.2, 0) is 5.88 Å². The van der Waals surface area contributed by atoms with Gasteiger partial charge in [0.1, 0.15) is 5.82 Å². The maximum Gasteiger partial charge on any atom is 0.128 e. The molecule has 2 nitrogen and oxygen atoms in total. The molecule has 1 aromatic rings. The first kappa shape index (κ1) is 15.3. The molecule has 0 aromatic carbocycles. The van der Waals surface area contributed by atoms with Crippen molar-refractivity contribution in [2.75, 3.05) is 18.0 Å². The smallest absolute Gasteiger partial charge is 0.128 e. The number of halogens is 1. The van der Waals surface area contributed by atoms with Crippen LogP contribution in [0.15, 0.2) is 12.1 Å². The van der Waals surface area contributed by atoms with Crippen molar-refractivity contribution in [1.29, 1.82) is 0 Å². The van der Waals surface area contributed by atoms with Gasteiger partial charge >= 0.3 is 0 Å². The fourth-order valence-corrected chi connectivity index (χ4v) is 2.32. The molecule has 1 heterocycles. The molecule has 0 spiro atoms. The first-order valence-electron chi connectivity index (χ1n) is 6.71. The van der Waals surface area contributed by atoms with Gasteiger partial charge in [-0.3, -0.25) is 0 Å². The largest absolute Gasteiger partial charge is 0.356 e. The summed E-state index contributed by atoms with van der Waals surface area (Å²) in [5.74, 6) is 2.88. The van der Waals surface area contributed by atoms with E-state index in [9.17, 15) is 0 Å². The van der Waals surface area contributed by atoms with Gasteiger partial charge in [-0.2, -0.15) is 0 Å². The minimum Gasteiger partial charge on any atom is -0.356 e. The second kappa shape index (κ2) is 6.98. The van der Waals surface area contributed by atoms with Gasteiger partial charge in [0.05, 0.1) is 0 Å². The number of alkyl halides is 1. The van der Waals surface area contributed by atoms with Crippen molar-refractivity contribution in [2.45, 2.75) is 40.5 Å². The van der Waals surface area contributed by atoms with Crippen molar-refractivity contribution < 1.29 is 0 Å². The molecule has 0 radical (unpaired) electrons. The highest BCUT2D eigenvalue weighted by molar-refractivity contribution is 6.17. The molecule has 0 aliphatic rings. The third-order valence-electron chi connectivity index (χ3n) is 2.82. The van der Waals surface area contributed by atoms with Crippen LogP contribution >= 0.6 is 11.6 Å². The zero-order valence-electron chi connectivity index (χ0n) is 12.2. The lowest BCUT2D eigenvalue weighted by molar-refractivity contribution is 0.548. The van der Waals surface area contributed by atoms with Gasteiger partial charge in [0.25, 0.3) is 0 Å². The normalized spacial score (nSPS) is 11.3. The van der Waals surface area contributed by atoms with Gasteiger partial charge in [-0.15, -0.1) is 11.6 Å². The monoisotopic (exact) mass is 268 g/mol. The van der Waals surface area contributed by atoms with Gasteiger partial charge in [0.2, 0.25) is 0 Å². The Morgan fingerprint density at radius 1 is 1.11 bits per heavy atom. The predicted molar refractivity (Wildman–Crippen MR) is 80.4 cm³/mol. The van der Waals surface area contributed by atoms with Crippen LogP contribution in [0.5, 0.6) is 0 Å². The number of aryl methyl sites for hydroxylation is 1. The number of rotatable bonds is 6. The van der Waals surface area contributed by atoms with Crippen molar-refractivity contribution in [2.24, 2.45) is 11.8 Å². The highest BCUT2D eigenvalue weighted by atomic mass is 35.5. The molecule has 3 heteroatoms. The van der Waals surface area contributed by atoms with Crippen LogP contribution in [0.2, 0.25) is 0 Å². The average Bonchev–Trinajstić information content (AvgIpc) is 2.26. The van der Waals surface area contributed by atoms with E-state index < -0.39 is 0 Å². The Balaban J connectivity index is 2.93. The van der Waals surface area contributed by atoms with E-state index in [1.54, 1.807) is 0 Å². The Morgan fingerprint density at radius 3 is 2.06 bits per heavy atom. The maximum absolute atomic E-state index is 5.88. The summed E-state index contributed by atoms with van der Waals surface area (Å²) < 4.78 is 0. The minimum atomic E-state index is 0.535. The Labute approximate surface area is 116 Å². The van der Waals surface area contributed by atoms with E-state index in [0.717, 1.165) is 30.2 Å². The maximum atomic E-state index is 5.88. The number of hydrogen-bond acceptors (Lipinski definition) is 2. The van der Waals surface area contributed by atoms with Crippen LogP contribution in [0.1, 0.15) is 39.0 Å². The van der Waals surface area contributed by atoms with Crippen molar-refractivity contribution in [1.82, 2.24) is 4.98 Å². The molecule has 0 saturated carbocycles. The fourth-order valence-electron chi connectivity index (χ4n) is 2.04. The molecule has 18 heavy (non-hydrogen) atoms. The molecule has 0 bridgehead atoms. The van der Waals surface area contributed by atoms with E-state index in [0.29, 0.717) is 17.7 Å². The van der Waals surface area contributed by atoms with Crippen LogP contribution in [0.4, 0.5) is 5.82 Å². The molecule has 0 N–H and O–H groups in total. The van der Waals surface area contributed by atoms with E-state index in [1.165, 1.54) is 0 Å². The molecule has 0 aliphatic heterocycles. The second-order valence-corrected chi connectivity index (χ2v) is 6.01. The van der Waals surface area contributed by atoms with Gasteiger partial charge in [0, 0.05) is 24.7 Å². The molecule has 1 aromatic heterocycles. The summed E-state index contributed by atoms with van der Waals surface area (Å²) >= 11 is 5.88. The van der Waals surface area contributed by atoms with E-state index >= 15 is 0 Å². The second-order valence-electron chi connectivity index (χ2n) is 5.74. The zero-order valence-corrected chi connectivity index (χ0v) is 13.0. The van der Waals surface area contributed by atoms with Crippen LogP contribution in [0.3, 0.4) is 0 Å². The Bertz CT molecular complexity index is 365. The summed E-state index contributed by atoms with van der Waals surface area (Å²) in [4.78, 5) is 7.07. The van der Waals surface area contributed by atoms with Gasteiger partial charge in [-0.05, 0) is 30.4 Å². The Morgan fingerprint density at radius 2 is 1.67 bits per heavy atom. The quantitative estimate of drug-likeness (QED) is 0.717. The lowest BCUT2D eigenvalue weighted by Crippen LogP contribution is -2.32. The van der Waals surface area contributed by atoms with Crippen molar-refractivity contribution in [3.05, 3.63) is 23.4 Å². The van der Waals surface area contributed by atoms with Crippen molar-refractivity contribution in [3.8, 4) is 0 Å². The standard InChI is InChI=1S/C15H25ClN2/c1-11(2)9-18(10-12(3)4)15-7-6-14(8-16)13(5)17-15/h6-7,11-12H,8-10H2,1-5H3. The van der Waals surface area contributed by atoms with Crippen LogP contribution in [0, 0.1) is 18.8 Å². The van der Waals surface area contributed by atoms with Crippen molar-refractivity contribution >= 4 is 17.4 Å². The molecular formula is C15H25ClN2. The average molecular weight is 269 g/mol. The van der Waals surface area contributed by atoms with E-state index in [2.05, 4.69) is 44.7 Å². The highest BCUT2D eigenvalue weighted by Crippen LogP contribution is 2.18. The molecule has 0 fully saturated rings. The third-order valence-corrected chi connectivity index (χ3v) is 3.11. The van der Waals surface area contributed by atoms with Crippen LogP contribution < -0.4 is 4.90 Å². The number of nitrogens with zero attached hydrogens (tertiary/aromatic N) is 2. The SMILES string of the molecule is Cc1nc(N(CC(C)C)CC(C)C)ccc1CCl. The Kier molecular flexibility index (Phi) is 5.94. The van der Waals surface area contributed by atoms with E-state index in [1.807, 2.05) is 6.92 Å².